The molecule has 0 N–H and O–H groups in total. The van der Waals surface area contributed by atoms with E-state index in [4.69, 9.17) is 9.47 Å². The molecule has 1 fully saturated rings. The van der Waals surface area contributed by atoms with E-state index in [-0.39, 0.29) is 29.0 Å². The Labute approximate surface area is 176 Å². The highest BCUT2D eigenvalue weighted by Gasteiger charge is 2.45. The highest BCUT2D eigenvalue weighted by atomic mass is 32.2. The van der Waals surface area contributed by atoms with Gasteiger partial charge < -0.3 is 9.47 Å². The van der Waals surface area contributed by atoms with Gasteiger partial charge in [-0.25, -0.2) is 12.8 Å². The molecule has 0 aromatic heterocycles. The molecule has 0 aliphatic carbocycles. The smallest absolute Gasteiger partial charge is 0.324 e. The van der Waals surface area contributed by atoms with Gasteiger partial charge in [-0.2, -0.15) is 4.31 Å². The molecule has 8 heteroatoms. The van der Waals surface area contributed by atoms with Crippen molar-refractivity contribution in [2.24, 2.45) is 0 Å². The number of nitrogens with zero attached hydrogens (tertiary/aromatic N) is 1. The summed E-state index contributed by atoms with van der Waals surface area (Å²) in [6, 6.07) is 11.4. The zero-order chi connectivity index (χ0) is 22.1. The first-order valence-electron chi connectivity index (χ1n) is 9.65. The van der Waals surface area contributed by atoms with Gasteiger partial charge in [0.2, 0.25) is 10.0 Å². The second kappa shape index (κ2) is 8.35. The molecule has 30 heavy (non-hydrogen) atoms. The normalized spacial score (nSPS) is 20.2. The molecular formula is C22H26FNO5S. The van der Waals surface area contributed by atoms with Crippen molar-refractivity contribution < 1.29 is 27.1 Å². The first kappa shape index (κ1) is 22.2. The Kier molecular flexibility index (Phi) is 6.19. The molecule has 0 spiro atoms. The van der Waals surface area contributed by atoms with E-state index in [1.54, 1.807) is 18.2 Å². The van der Waals surface area contributed by atoms with E-state index in [2.05, 4.69) is 0 Å². The fourth-order valence-corrected chi connectivity index (χ4v) is 5.07. The summed E-state index contributed by atoms with van der Waals surface area (Å²) in [4.78, 5) is 12.4. The quantitative estimate of drug-likeness (QED) is 0.672. The van der Waals surface area contributed by atoms with Crippen LogP contribution in [0.1, 0.15) is 32.8 Å². The summed E-state index contributed by atoms with van der Waals surface area (Å²) >= 11 is 0. The monoisotopic (exact) mass is 435 g/mol. The molecule has 1 heterocycles. The number of carbonyl (C=O) groups excluding carboxylic acids is 1. The molecule has 2 atom stereocenters. The van der Waals surface area contributed by atoms with Crippen LogP contribution in [0.15, 0.2) is 53.4 Å². The minimum atomic E-state index is -3.98. The second-order valence-corrected chi connectivity index (χ2v) is 10.2. The van der Waals surface area contributed by atoms with Gasteiger partial charge in [0.25, 0.3) is 0 Å². The minimum absolute atomic E-state index is 0.0138. The van der Waals surface area contributed by atoms with Gasteiger partial charge in [-0.15, -0.1) is 0 Å². The zero-order valence-electron chi connectivity index (χ0n) is 17.5. The fourth-order valence-electron chi connectivity index (χ4n) is 3.45. The Morgan fingerprint density at radius 1 is 1.10 bits per heavy atom. The standard InChI is InChI=1S/C22H26FNO5S/c1-22(2,3)15-9-11-17(12-10-15)30(26,27)24-14-16(13-19(24)21(25)28-4)29-20-8-6-5-7-18(20)23/h5-12,16,19H,13-14H2,1-4H3. The van der Waals surface area contributed by atoms with Crippen molar-refractivity contribution in [3.8, 4) is 5.75 Å². The zero-order valence-corrected chi connectivity index (χ0v) is 18.3. The van der Waals surface area contributed by atoms with Crippen LogP contribution in [0.4, 0.5) is 4.39 Å². The van der Waals surface area contributed by atoms with Gasteiger partial charge in [-0.3, -0.25) is 4.79 Å². The summed E-state index contributed by atoms with van der Waals surface area (Å²) in [5, 5.41) is 0. The first-order valence-corrected chi connectivity index (χ1v) is 11.1. The molecule has 1 aliphatic heterocycles. The largest absolute Gasteiger partial charge is 0.486 e. The number of benzene rings is 2. The summed E-state index contributed by atoms with van der Waals surface area (Å²) in [5.74, 6) is -1.21. The topological polar surface area (TPSA) is 72.9 Å². The maximum absolute atomic E-state index is 13.9. The van der Waals surface area contributed by atoms with E-state index in [9.17, 15) is 17.6 Å². The Bertz CT molecular complexity index is 1010. The van der Waals surface area contributed by atoms with Crippen LogP contribution in [0.3, 0.4) is 0 Å². The van der Waals surface area contributed by atoms with E-state index in [0.29, 0.717) is 0 Å². The number of hydrogen-bond acceptors (Lipinski definition) is 5. The van der Waals surface area contributed by atoms with Crippen LogP contribution in [0.2, 0.25) is 0 Å². The number of ether oxygens (including phenoxy) is 2. The molecule has 1 aliphatic rings. The lowest BCUT2D eigenvalue weighted by Gasteiger charge is -2.23. The van der Waals surface area contributed by atoms with E-state index in [1.165, 1.54) is 37.4 Å². The van der Waals surface area contributed by atoms with Crippen LogP contribution in [0.25, 0.3) is 0 Å². The summed E-state index contributed by atoms with van der Waals surface area (Å²) in [6.45, 7) is 6.02. The van der Waals surface area contributed by atoms with Gasteiger partial charge in [0.1, 0.15) is 12.1 Å². The average molecular weight is 436 g/mol. The van der Waals surface area contributed by atoms with Crippen LogP contribution in [0, 0.1) is 5.82 Å². The van der Waals surface area contributed by atoms with E-state index < -0.39 is 34.0 Å². The lowest BCUT2D eigenvalue weighted by molar-refractivity contribution is -0.144. The third kappa shape index (κ3) is 4.49. The summed E-state index contributed by atoms with van der Waals surface area (Å²) in [6.07, 6.45) is -0.616. The Morgan fingerprint density at radius 3 is 2.30 bits per heavy atom. The number of rotatable bonds is 5. The highest BCUT2D eigenvalue weighted by Crippen LogP contribution is 2.31. The Morgan fingerprint density at radius 2 is 1.73 bits per heavy atom. The molecule has 162 valence electrons. The Balaban J connectivity index is 1.89. The number of sulfonamides is 1. The second-order valence-electron chi connectivity index (χ2n) is 8.29. The van der Waals surface area contributed by atoms with Gasteiger partial charge in [-0.1, -0.05) is 45.0 Å². The molecule has 0 radical (unpaired) electrons. The Hall–Kier alpha value is -2.45. The van der Waals surface area contributed by atoms with Crippen molar-refractivity contribution in [1.82, 2.24) is 4.31 Å². The van der Waals surface area contributed by atoms with Crippen LogP contribution in [-0.4, -0.2) is 44.5 Å². The summed E-state index contributed by atoms with van der Waals surface area (Å²) in [5.41, 5.74) is 0.872. The maximum atomic E-state index is 13.9. The molecule has 0 amide bonds. The molecule has 0 saturated carbocycles. The molecule has 0 bridgehead atoms. The van der Waals surface area contributed by atoms with Crippen LogP contribution in [-0.2, 0) is 25.0 Å². The number of carbonyl (C=O) groups is 1. The predicted molar refractivity (Wildman–Crippen MR) is 110 cm³/mol. The van der Waals surface area contributed by atoms with Crippen molar-refractivity contribution in [1.29, 1.82) is 0 Å². The predicted octanol–water partition coefficient (Wildman–Crippen LogP) is 3.51. The summed E-state index contributed by atoms with van der Waals surface area (Å²) < 4.78 is 52.1. The SMILES string of the molecule is COC(=O)C1CC(Oc2ccccc2F)CN1S(=O)(=O)c1ccc(C(C)(C)C)cc1. The number of methoxy groups -OCH3 is 1. The number of para-hydroxylation sites is 1. The van der Waals surface area contributed by atoms with Gasteiger partial charge in [0, 0.05) is 6.42 Å². The number of esters is 1. The molecule has 2 unspecified atom stereocenters. The molecule has 2 aromatic carbocycles. The molecule has 2 aromatic rings. The van der Waals surface area contributed by atoms with Crippen molar-refractivity contribution in [3.63, 3.8) is 0 Å². The van der Waals surface area contributed by atoms with E-state index >= 15 is 0 Å². The van der Waals surface area contributed by atoms with Gasteiger partial charge in [0.05, 0.1) is 18.6 Å². The van der Waals surface area contributed by atoms with Crippen molar-refractivity contribution >= 4 is 16.0 Å². The molecular weight excluding hydrogens is 409 g/mol. The number of halogens is 1. The van der Waals surface area contributed by atoms with E-state index in [1.807, 2.05) is 20.8 Å². The maximum Gasteiger partial charge on any atom is 0.324 e. The third-order valence-electron chi connectivity index (χ3n) is 5.15. The molecule has 3 rings (SSSR count). The molecule has 1 saturated heterocycles. The lowest BCUT2D eigenvalue weighted by atomic mass is 9.87. The first-order chi connectivity index (χ1) is 14.0. The lowest BCUT2D eigenvalue weighted by Crippen LogP contribution is -2.41. The van der Waals surface area contributed by atoms with Crippen LogP contribution in [0.5, 0.6) is 5.75 Å². The van der Waals surface area contributed by atoms with Gasteiger partial charge in [-0.05, 0) is 35.2 Å². The van der Waals surface area contributed by atoms with Gasteiger partial charge in [0.15, 0.2) is 11.6 Å². The van der Waals surface area contributed by atoms with Crippen molar-refractivity contribution in [2.45, 2.75) is 49.6 Å². The van der Waals surface area contributed by atoms with Gasteiger partial charge >= 0.3 is 5.97 Å². The number of hydrogen-bond donors (Lipinski definition) is 0. The highest BCUT2D eigenvalue weighted by molar-refractivity contribution is 7.89. The molecule has 6 nitrogen and oxygen atoms in total. The third-order valence-corrected chi connectivity index (χ3v) is 7.04. The fraction of sp³-hybridized carbons (Fsp3) is 0.409. The summed E-state index contributed by atoms with van der Waals surface area (Å²) in [7, 11) is -2.78. The van der Waals surface area contributed by atoms with Crippen molar-refractivity contribution in [3.05, 3.63) is 59.9 Å². The minimum Gasteiger partial charge on any atom is -0.486 e. The van der Waals surface area contributed by atoms with E-state index in [0.717, 1.165) is 9.87 Å². The van der Waals surface area contributed by atoms with Crippen LogP contribution >= 0.6 is 0 Å². The van der Waals surface area contributed by atoms with Crippen LogP contribution < -0.4 is 4.74 Å². The average Bonchev–Trinajstić information content (AvgIpc) is 3.13. The van der Waals surface area contributed by atoms with Crippen molar-refractivity contribution in [2.75, 3.05) is 13.7 Å².